The van der Waals surface area contributed by atoms with Gasteiger partial charge in [0.2, 0.25) is 20.9 Å². The van der Waals surface area contributed by atoms with Gasteiger partial charge in [0.1, 0.15) is 0 Å². The molecule has 0 saturated heterocycles. The Morgan fingerprint density at radius 1 is 1.33 bits per heavy atom. The molecule has 144 valence electrons. The SMILES string of the molecule is CN(CCCCNS(=O)(=O)c1ccccc1[N+](=O)[O-])c1nsc2nccn12. The minimum atomic E-state index is -3.93. The van der Waals surface area contributed by atoms with Crippen molar-refractivity contribution in [3.63, 3.8) is 0 Å². The standard InChI is InChI=1S/C15H18N6O4S2/c1-19(14-18-26-15-16-9-11-20(14)15)10-5-4-8-17-27(24,25)13-7-3-2-6-12(13)21(22)23/h2-3,6-7,9,11,17H,4-5,8,10H2,1H3. The summed E-state index contributed by atoms with van der Waals surface area (Å²) in [6, 6.07) is 5.30. The fourth-order valence-electron chi connectivity index (χ4n) is 2.58. The van der Waals surface area contributed by atoms with Gasteiger partial charge >= 0.3 is 0 Å². The average Bonchev–Trinajstić information content (AvgIpc) is 3.24. The average molecular weight is 410 g/mol. The molecule has 10 nitrogen and oxygen atoms in total. The summed E-state index contributed by atoms with van der Waals surface area (Å²) in [5, 5.41) is 11.0. The van der Waals surface area contributed by atoms with Crippen LogP contribution in [0.2, 0.25) is 0 Å². The normalized spacial score (nSPS) is 11.7. The molecule has 2 heterocycles. The molecule has 0 radical (unpaired) electrons. The van der Waals surface area contributed by atoms with E-state index in [9.17, 15) is 18.5 Å². The molecule has 0 aliphatic carbocycles. The van der Waals surface area contributed by atoms with Crippen LogP contribution in [0.4, 0.5) is 11.6 Å². The number of fused-ring (bicyclic) bond motifs is 1. The van der Waals surface area contributed by atoms with Crippen molar-refractivity contribution in [1.29, 1.82) is 0 Å². The Morgan fingerprint density at radius 2 is 2.11 bits per heavy atom. The van der Waals surface area contributed by atoms with Crippen LogP contribution >= 0.6 is 11.5 Å². The third-order valence-corrected chi connectivity index (χ3v) is 6.16. The summed E-state index contributed by atoms with van der Waals surface area (Å²) in [7, 11) is -2.02. The summed E-state index contributed by atoms with van der Waals surface area (Å²) < 4.78 is 33.3. The lowest BCUT2D eigenvalue weighted by molar-refractivity contribution is -0.387. The maximum atomic E-state index is 12.3. The van der Waals surface area contributed by atoms with Gasteiger partial charge in [-0.25, -0.2) is 18.1 Å². The number of imidazole rings is 1. The number of anilines is 1. The number of hydrogen-bond acceptors (Lipinski definition) is 8. The van der Waals surface area contributed by atoms with Gasteiger partial charge in [0.15, 0.2) is 4.90 Å². The second-order valence-electron chi connectivity index (χ2n) is 5.81. The van der Waals surface area contributed by atoms with E-state index in [2.05, 4.69) is 14.1 Å². The fourth-order valence-corrected chi connectivity index (χ4v) is 4.56. The smallest absolute Gasteiger partial charge is 0.289 e. The van der Waals surface area contributed by atoms with Gasteiger partial charge in [-0.1, -0.05) is 12.1 Å². The lowest BCUT2D eigenvalue weighted by Crippen LogP contribution is -2.27. The highest BCUT2D eigenvalue weighted by Crippen LogP contribution is 2.22. The van der Waals surface area contributed by atoms with Crippen LogP contribution in [0.5, 0.6) is 0 Å². The third-order valence-electron chi connectivity index (χ3n) is 3.94. The van der Waals surface area contributed by atoms with E-state index in [-0.39, 0.29) is 11.4 Å². The van der Waals surface area contributed by atoms with Crippen molar-refractivity contribution in [1.82, 2.24) is 18.5 Å². The summed E-state index contributed by atoms with van der Waals surface area (Å²) in [4.78, 5) is 16.9. The van der Waals surface area contributed by atoms with Gasteiger partial charge in [-0.15, -0.1) is 0 Å². The molecule has 0 unspecified atom stereocenters. The number of benzene rings is 1. The molecule has 3 rings (SSSR count). The highest BCUT2D eigenvalue weighted by atomic mass is 32.2. The number of sulfonamides is 1. The van der Waals surface area contributed by atoms with E-state index in [1.807, 2.05) is 22.5 Å². The van der Waals surface area contributed by atoms with E-state index in [0.29, 0.717) is 13.0 Å². The Labute approximate surface area is 159 Å². The molecule has 0 aliphatic rings. The zero-order chi connectivity index (χ0) is 19.4. The maximum absolute atomic E-state index is 12.3. The quantitative estimate of drug-likeness (QED) is 0.325. The van der Waals surface area contributed by atoms with Crippen LogP contribution in [0.25, 0.3) is 4.96 Å². The van der Waals surface area contributed by atoms with Crippen molar-refractivity contribution in [2.75, 3.05) is 25.0 Å². The van der Waals surface area contributed by atoms with Gasteiger partial charge in [-0.3, -0.25) is 14.5 Å². The van der Waals surface area contributed by atoms with Gasteiger partial charge in [0.25, 0.3) is 5.69 Å². The molecule has 3 aromatic rings. The van der Waals surface area contributed by atoms with Crippen molar-refractivity contribution >= 4 is 38.2 Å². The van der Waals surface area contributed by atoms with Crippen LogP contribution in [-0.4, -0.2) is 47.2 Å². The predicted octanol–water partition coefficient (Wildman–Crippen LogP) is 1.89. The Bertz CT molecular complexity index is 1050. The molecule has 27 heavy (non-hydrogen) atoms. The Hall–Kier alpha value is -2.57. The minimum Gasteiger partial charge on any atom is -0.344 e. The molecule has 0 saturated carbocycles. The maximum Gasteiger partial charge on any atom is 0.289 e. The predicted molar refractivity (Wildman–Crippen MR) is 102 cm³/mol. The molecule has 0 atom stereocenters. The van der Waals surface area contributed by atoms with Gasteiger partial charge in [0, 0.05) is 50.1 Å². The number of nitro groups is 1. The molecule has 1 N–H and O–H groups in total. The molecule has 0 bridgehead atoms. The monoisotopic (exact) mass is 410 g/mol. The van der Waals surface area contributed by atoms with Crippen LogP contribution in [0, 0.1) is 10.1 Å². The zero-order valence-corrected chi connectivity index (χ0v) is 16.1. The zero-order valence-electron chi connectivity index (χ0n) is 14.5. The van der Waals surface area contributed by atoms with E-state index in [4.69, 9.17) is 0 Å². The van der Waals surface area contributed by atoms with Gasteiger partial charge in [0.05, 0.1) is 4.92 Å². The first kappa shape index (κ1) is 19.2. The van der Waals surface area contributed by atoms with Gasteiger partial charge in [-0.05, 0) is 18.9 Å². The van der Waals surface area contributed by atoms with E-state index in [1.54, 1.807) is 6.20 Å². The van der Waals surface area contributed by atoms with Crippen LogP contribution < -0.4 is 9.62 Å². The number of hydrogen-bond donors (Lipinski definition) is 1. The number of nitrogens with zero attached hydrogens (tertiary/aromatic N) is 5. The van der Waals surface area contributed by atoms with Crippen molar-refractivity contribution in [2.24, 2.45) is 0 Å². The van der Waals surface area contributed by atoms with E-state index in [1.165, 1.54) is 35.8 Å². The lowest BCUT2D eigenvalue weighted by atomic mass is 10.3. The van der Waals surface area contributed by atoms with Gasteiger partial charge < -0.3 is 4.90 Å². The van der Waals surface area contributed by atoms with Crippen LogP contribution in [0.15, 0.2) is 41.6 Å². The topological polar surface area (TPSA) is 123 Å². The Kier molecular flexibility index (Phi) is 5.68. The Balaban J connectivity index is 1.51. The number of rotatable bonds is 9. The van der Waals surface area contributed by atoms with Crippen molar-refractivity contribution < 1.29 is 13.3 Å². The lowest BCUT2D eigenvalue weighted by Gasteiger charge is -2.16. The van der Waals surface area contributed by atoms with Crippen molar-refractivity contribution in [3.8, 4) is 0 Å². The molecule has 2 aromatic heterocycles. The number of aromatic nitrogens is 3. The molecular weight excluding hydrogens is 392 g/mol. The first-order chi connectivity index (χ1) is 12.9. The molecule has 0 fully saturated rings. The van der Waals surface area contributed by atoms with Gasteiger partial charge in [-0.2, -0.15) is 4.37 Å². The number of nitro benzene ring substituents is 1. The minimum absolute atomic E-state index is 0.194. The fraction of sp³-hybridized carbons (Fsp3) is 0.333. The molecular formula is C15H18N6O4S2. The summed E-state index contributed by atoms with van der Waals surface area (Å²) in [6.07, 6.45) is 4.86. The molecule has 0 aliphatic heterocycles. The first-order valence-electron chi connectivity index (χ1n) is 8.13. The van der Waals surface area contributed by atoms with E-state index < -0.39 is 20.6 Å². The highest BCUT2D eigenvalue weighted by molar-refractivity contribution is 7.89. The Morgan fingerprint density at radius 3 is 2.89 bits per heavy atom. The second-order valence-corrected chi connectivity index (χ2v) is 8.28. The van der Waals surface area contributed by atoms with Crippen LogP contribution in [0.1, 0.15) is 12.8 Å². The molecule has 1 aromatic carbocycles. The number of unbranched alkanes of at least 4 members (excludes halogenated alkanes) is 1. The summed E-state index contributed by atoms with van der Waals surface area (Å²) in [6.45, 7) is 0.879. The highest BCUT2D eigenvalue weighted by Gasteiger charge is 2.24. The first-order valence-corrected chi connectivity index (χ1v) is 10.4. The summed E-state index contributed by atoms with van der Waals surface area (Å²) >= 11 is 1.31. The van der Waals surface area contributed by atoms with E-state index in [0.717, 1.165) is 17.3 Å². The molecule has 0 spiro atoms. The van der Waals surface area contributed by atoms with Crippen molar-refractivity contribution in [3.05, 3.63) is 46.8 Å². The summed E-state index contributed by atoms with van der Waals surface area (Å²) in [5.74, 6) is 0.785. The molecule has 0 amide bonds. The third kappa shape index (κ3) is 4.23. The number of para-hydroxylation sites is 1. The van der Waals surface area contributed by atoms with Crippen LogP contribution in [-0.2, 0) is 10.0 Å². The number of nitrogens with one attached hydrogen (secondary N) is 1. The molecule has 12 heteroatoms. The van der Waals surface area contributed by atoms with Crippen LogP contribution in [0.3, 0.4) is 0 Å². The second kappa shape index (κ2) is 7.98. The van der Waals surface area contributed by atoms with E-state index >= 15 is 0 Å². The van der Waals surface area contributed by atoms with Crippen molar-refractivity contribution in [2.45, 2.75) is 17.7 Å². The summed E-state index contributed by atoms with van der Waals surface area (Å²) in [5.41, 5.74) is -0.433. The largest absolute Gasteiger partial charge is 0.344 e.